The van der Waals surface area contributed by atoms with Gasteiger partial charge in [0.05, 0.1) is 11.4 Å². The number of hydrogen-bond donors (Lipinski definition) is 1. The van der Waals surface area contributed by atoms with Crippen molar-refractivity contribution in [3.63, 3.8) is 0 Å². The zero-order valence-electron chi connectivity index (χ0n) is 12.0. The van der Waals surface area contributed by atoms with Crippen molar-refractivity contribution in [1.29, 1.82) is 0 Å². The fourth-order valence-electron chi connectivity index (χ4n) is 2.16. The molecule has 0 fully saturated rings. The maximum atomic E-state index is 6.01. The molecule has 0 atom stereocenters. The van der Waals surface area contributed by atoms with Crippen LogP contribution in [0.3, 0.4) is 0 Å². The van der Waals surface area contributed by atoms with Crippen LogP contribution in [0.5, 0.6) is 0 Å². The lowest BCUT2D eigenvalue weighted by Gasteiger charge is -2.16. The van der Waals surface area contributed by atoms with Gasteiger partial charge in [0, 0.05) is 28.9 Å². The lowest BCUT2D eigenvalue weighted by Crippen LogP contribution is -2.13. The standard InChI is InChI=1S/C16H18N4/c1-16(2,3)14-8-15-19-13(9-20(15)10-18-14)11-6-4-5-7-12(11)17/h4-10H,17H2,1-3H3. The summed E-state index contributed by atoms with van der Waals surface area (Å²) in [5.41, 5.74) is 10.5. The van der Waals surface area contributed by atoms with E-state index < -0.39 is 0 Å². The van der Waals surface area contributed by atoms with Gasteiger partial charge >= 0.3 is 0 Å². The Morgan fingerprint density at radius 1 is 1.15 bits per heavy atom. The van der Waals surface area contributed by atoms with Crippen LogP contribution < -0.4 is 5.73 Å². The zero-order chi connectivity index (χ0) is 14.3. The number of rotatable bonds is 1. The van der Waals surface area contributed by atoms with Crippen molar-refractivity contribution in [3.05, 3.63) is 48.5 Å². The van der Waals surface area contributed by atoms with Crippen molar-refractivity contribution >= 4 is 11.3 Å². The summed E-state index contributed by atoms with van der Waals surface area (Å²) in [7, 11) is 0. The quantitative estimate of drug-likeness (QED) is 0.688. The minimum atomic E-state index is 0.0135. The molecule has 2 heterocycles. The molecule has 3 aromatic rings. The molecule has 4 heteroatoms. The van der Waals surface area contributed by atoms with E-state index in [0.717, 1.165) is 28.3 Å². The van der Waals surface area contributed by atoms with Gasteiger partial charge in [-0.3, -0.25) is 4.40 Å². The minimum Gasteiger partial charge on any atom is -0.398 e. The first-order valence-corrected chi connectivity index (χ1v) is 6.65. The summed E-state index contributed by atoms with van der Waals surface area (Å²) >= 11 is 0. The molecule has 0 saturated carbocycles. The highest BCUT2D eigenvalue weighted by atomic mass is 15.0. The van der Waals surface area contributed by atoms with Gasteiger partial charge < -0.3 is 5.73 Å². The van der Waals surface area contributed by atoms with Crippen molar-refractivity contribution in [3.8, 4) is 11.3 Å². The molecule has 0 unspecified atom stereocenters. The van der Waals surface area contributed by atoms with Crippen molar-refractivity contribution in [1.82, 2.24) is 14.4 Å². The lowest BCUT2D eigenvalue weighted by atomic mass is 9.92. The third kappa shape index (κ3) is 2.13. The Morgan fingerprint density at radius 3 is 2.60 bits per heavy atom. The summed E-state index contributed by atoms with van der Waals surface area (Å²) in [4.78, 5) is 9.16. The van der Waals surface area contributed by atoms with Crippen LogP contribution in [0.1, 0.15) is 26.5 Å². The van der Waals surface area contributed by atoms with E-state index in [4.69, 9.17) is 5.73 Å². The van der Waals surface area contributed by atoms with Gasteiger partial charge in [-0.25, -0.2) is 9.97 Å². The number of fused-ring (bicyclic) bond motifs is 1. The molecule has 102 valence electrons. The predicted molar refractivity (Wildman–Crippen MR) is 81.5 cm³/mol. The second-order valence-corrected chi connectivity index (χ2v) is 6.00. The number of benzene rings is 1. The van der Waals surface area contributed by atoms with Gasteiger partial charge in [-0.15, -0.1) is 0 Å². The number of aromatic nitrogens is 3. The summed E-state index contributed by atoms with van der Waals surface area (Å²) < 4.78 is 1.93. The molecule has 0 amide bonds. The number of nitrogen functional groups attached to an aromatic ring is 1. The third-order valence-corrected chi connectivity index (χ3v) is 3.35. The number of nitrogens with two attached hydrogens (primary N) is 1. The molecule has 0 spiro atoms. The van der Waals surface area contributed by atoms with E-state index in [1.165, 1.54) is 0 Å². The maximum Gasteiger partial charge on any atom is 0.140 e. The van der Waals surface area contributed by atoms with Gasteiger partial charge in [0.2, 0.25) is 0 Å². The molecule has 0 aliphatic carbocycles. The van der Waals surface area contributed by atoms with E-state index >= 15 is 0 Å². The third-order valence-electron chi connectivity index (χ3n) is 3.35. The van der Waals surface area contributed by atoms with Crippen LogP contribution >= 0.6 is 0 Å². The van der Waals surface area contributed by atoms with Gasteiger partial charge in [0.25, 0.3) is 0 Å². The molecule has 0 bridgehead atoms. The summed E-state index contributed by atoms with van der Waals surface area (Å²) in [6, 6.07) is 9.79. The van der Waals surface area contributed by atoms with Crippen molar-refractivity contribution < 1.29 is 0 Å². The van der Waals surface area contributed by atoms with Crippen LogP contribution in [-0.4, -0.2) is 14.4 Å². The Bertz CT molecular complexity index is 765. The summed E-state index contributed by atoms with van der Waals surface area (Å²) in [6.07, 6.45) is 3.77. The molecule has 2 aromatic heterocycles. The monoisotopic (exact) mass is 266 g/mol. The molecular formula is C16H18N4. The van der Waals surface area contributed by atoms with Crippen LogP contribution in [0.4, 0.5) is 5.69 Å². The number of hydrogen-bond acceptors (Lipinski definition) is 3. The zero-order valence-corrected chi connectivity index (χ0v) is 12.0. The Hall–Kier alpha value is -2.36. The normalized spacial score (nSPS) is 11.9. The van der Waals surface area contributed by atoms with Crippen molar-refractivity contribution in [2.75, 3.05) is 5.73 Å². The minimum absolute atomic E-state index is 0.0135. The molecule has 0 aliphatic heterocycles. The maximum absolute atomic E-state index is 6.01. The molecule has 0 radical (unpaired) electrons. The first kappa shape index (κ1) is 12.7. The molecule has 0 aliphatic rings. The number of anilines is 1. The largest absolute Gasteiger partial charge is 0.398 e. The summed E-state index contributed by atoms with van der Waals surface area (Å²) in [6.45, 7) is 6.43. The number of para-hydroxylation sites is 1. The van der Waals surface area contributed by atoms with Gasteiger partial charge in [-0.2, -0.15) is 0 Å². The smallest absolute Gasteiger partial charge is 0.140 e. The van der Waals surface area contributed by atoms with Crippen LogP contribution in [0.15, 0.2) is 42.9 Å². The molecule has 0 saturated heterocycles. The highest BCUT2D eigenvalue weighted by Crippen LogP contribution is 2.26. The highest BCUT2D eigenvalue weighted by molar-refractivity contribution is 5.74. The average molecular weight is 266 g/mol. The second-order valence-electron chi connectivity index (χ2n) is 6.00. The van der Waals surface area contributed by atoms with Crippen molar-refractivity contribution in [2.24, 2.45) is 0 Å². The Morgan fingerprint density at radius 2 is 1.90 bits per heavy atom. The molecule has 2 N–H and O–H groups in total. The van der Waals surface area contributed by atoms with Gasteiger partial charge in [0.1, 0.15) is 12.0 Å². The average Bonchev–Trinajstić information content (AvgIpc) is 2.80. The van der Waals surface area contributed by atoms with Gasteiger partial charge in [-0.05, 0) is 6.07 Å². The fourth-order valence-corrected chi connectivity index (χ4v) is 2.16. The SMILES string of the molecule is CC(C)(C)c1cc2nc(-c3ccccc3N)cn2cn1. The van der Waals surface area contributed by atoms with E-state index in [9.17, 15) is 0 Å². The predicted octanol–water partition coefficient (Wildman–Crippen LogP) is 3.28. The lowest BCUT2D eigenvalue weighted by molar-refractivity contribution is 0.567. The first-order valence-electron chi connectivity index (χ1n) is 6.65. The Kier molecular flexibility index (Phi) is 2.74. The van der Waals surface area contributed by atoms with E-state index in [2.05, 4.69) is 30.7 Å². The molecule has 1 aromatic carbocycles. The first-order chi connectivity index (χ1) is 9.45. The number of nitrogens with zero attached hydrogens (tertiary/aromatic N) is 3. The molecule has 20 heavy (non-hydrogen) atoms. The second kappa shape index (κ2) is 4.34. The summed E-state index contributed by atoms with van der Waals surface area (Å²) in [5, 5.41) is 0. The van der Waals surface area contributed by atoms with E-state index in [1.807, 2.05) is 47.3 Å². The van der Waals surface area contributed by atoms with Gasteiger partial charge in [-0.1, -0.05) is 39.0 Å². The van der Waals surface area contributed by atoms with E-state index in [-0.39, 0.29) is 5.41 Å². The number of imidazole rings is 1. The molecule has 4 nitrogen and oxygen atoms in total. The van der Waals surface area contributed by atoms with E-state index in [1.54, 1.807) is 0 Å². The molecular weight excluding hydrogens is 248 g/mol. The Balaban J connectivity index is 2.14. The van der Waals surface area contributed by atoms with E-state index in [0.29, 0.717) is 0 Å². The van der Waals surface area contributed by atoms with Crippen LogP contribution in [-0.2, 0) is 5.41 Å². The van der Waals surface area contributed by atoms with Gasteiger partial charge in [0.15, 0.2) is 0 Å². The summed E-state index contributed by atoms with van der Waals surface area (Å²) in [5.74, 6) is 0. The Labute approximate surface area is 118 Å². The topological polar surface area (TPSA) is 56.2 Å². The van der Waals surface area contributed by atoms with Crippen molar-refractivity contribution in [2.45, 2.75) is 26.2 Å². The van der Waals surface area contributed by atoms with Crippen LogP contribution in [0.25, 0.3) is 16.9 Å². The van der Waals surface area contributed by atoms with Crippen LogP contribution in [0, 0.1) is 0 Å². The molecule has 3 rings (SSSR count). The van der Waals surface area contributed by atoms with Crippen LogP contribution in [0.2, 0.25) is 0 Å². The highest BCUT2D eigenvalue weighted by Gasteiger charge is 2.16. The fraction of sp³-hybridized carbons (Fsp3) is 0.250.